The lowest BCUT2D eigenvalue weighted by Gasteiger charge is -2.36. The van der Waals surface area contributed by atoms with Crippen LogP contribution in [0.4, 0.5) is 0 Å². The van der Waals surface area contributed by atoms with Crippen LogP contribution < -0.4 is 4.43 Å². The van der Waals surface area contributed by atoms with Crippen molar-refractivity contribution in [3.05, 3.63) is 54.7 Å². The summed E-state index contributed by atoms with van der Waals surface area (Å²) in [6.07, 6.45) is 1.98. The fourth-order valence-electron chi connectivity index (χ4n) is 2.42. The molecular weight excluding hydrogens is 298 g/mol. The van der Waals surface area contributed by atoms with Crippen molar-refractivity contribution in [3.8, 4) is 16.9 Å². The van der Waals surface area contributed by atoms with E-state index in [9.17, 15) is 0 Å². The van der Waals surface area contributed by atoms with Crippen LogP contribution in [0.15, 0.2) is 54.7 Å². The number of benzene rings is 2. The highest BCUT2D eigenvalue weighted by molar-refractivity contribution is 6.74. The first-order chi connectivity index (χ1) is 10.8. The quantitative estimate of drug-likeness (QED) is 0.569. The topological polar surface area (TPSA) is 25.0 Å². The number of rotatable bonds is 3. The van der Waals surface area contributed by atoms with Crippen LogP contribution in [-0.2, 0) is 0 Å². The minimum absolute atomic E-state index is 0.201. The third kappa shape index (κ3) is 3.20. The van der Waals surface area contributed by atoms with Gasteiger partial charge in [-0.25, -0.2) is 0 Å². The van der Waals surface area contributed by atoms with Gasteiger partial charge in [-0.1, -0.05) is 39.0 Å². The number of aromatic amines is 1. The first-order valence-corrected chi connectivity index (χ1v) is 11.0. The maximum Gasteiger partial charge on any atom is 0.250 e. The highest BCUT2D eigenvalue weighted by atomic mass is 28.4. The predicted molar refractivity (Wildman–Crippen MR) is 102 cm³/mol. The molecular formula is C20H25NOSi. The van der Waals surface area contributed by atoms with E-state index >= 15 is 0 Å². The molecule has 0 saturated heterocycles. The number of hydrogen-bond donors (Lipinski definition) is 1. The summed E-state index contributed by atoms with van der Waals surface area (Å²) < 4.78 is 6.43. The number of aromatic nitrogens is 1. The molecule has 3 rings (SSSR count). The van der Waals surface area contributed by atoms with Gasteiger partial charge in [-0.3, -0.25) is 0 Å². The molecule has 0 spiro atoms. The molecule has 0 fully saturated rings. The third-order valence-electron chi connectivity index (χ3n) is 4.90. The summed E-state index contributed by atoms with van der Waals surface area (Å²) in [7, 11) is -1.81. The average Bonchev–Trinajstić information content (AvgIpc) is 2.93. The van der Waals surface area contributed by atoms with Gasteiger partial charge in [-0.2, -0.15) is 0 Å². The minimum Gasteiger partial charge on any atom is -0.543 e. The number of nitrogens with one attached hydrogen (secondary N) is 1. The fraction of sp³-hybridized carbons (Fsp3) is 0.300. The number of H-pyrrole nitrogens is 1. The Morgan fingerprint density at radius 2 is 1.65 bits per heavy atom. The Hall–Kier alpha value is -2.00. The van der Waals surface area contributed by atoms with Gasteiger partial charge in [0.2, 0.25) is 8.32 Å². The average molecular weight is 324 g/mol. The molecule has 0 radical (unpaired) electrons. The largest absolute Gasteiger partial charge is 0.543 e. The van der Waals surface area contributed by atoms with E-state index in [1.165, 1.54) is 22.0 Å². The fourth-order valence-corrected chi connectivity index (χ4v) is 3.44. The van der Waals surface area contributed by atoms with Gasteiger partial charge in [-0.15, -0.1) is 0 Å². The normalized spacial score (nSPS) is 12.6. The van der Waals surface area contributed by atoms with Gasteiger partial charge in [0.25, 0.3) is 0 Å². The molecule has 0 unspecified atom stereocenters. The summed E-state index contributed by atoms with van der Waals surface area (Å²) in [5.74, 6) is 0.975. The molecule has 1 aromatic heterocycles. The van der Waals surface area contributed by atoms with Crippen molar-refractivity contribution in [3.63, 3.8) is 0 Å². The van der Waals surface area contributed by atoms with Gasteiger partial charge in [0.1, 0.15) is 5.75 Å². The van der Waals surface area contributed by atoms with Crippen molar-refractivity contribution in [2.45, 2.75) is 38.9 Å². The maximum atomic E-state index is 6.43. The first kappa shape index (κ1) is 15.9. The molecule has 0 atom stereocenters. The van der Waals surface area contributed by atoms with Crippen LogP contribution in [0.3, 0.4) is 0 Å². The zero-order valence-corrected chi connectivity index (χ0v) is 15.6. The second-order valence-electron chi connectivity index (χ2n) is 7.67. The Labute approximate surface area is 139 Å². The van der Waals surface area contributed by atoms with E-state index < -0.39 is 8.32 Å². The van der Waals surface area contributed by atoms with Crippen LogP contribution in [0, 0.1) is 0 Å². The summed E-state index contributed by atoms with van der Waals surface area (Å²) in [4.78, 5) is 3.24. The lowest BCUT2D eigenvalue weighted by atomic mass is 10.0. The Kier molecular flexibility index (Phi) is 3.84. The van der Waals surface area contributed by atoms with Gasteiger partial charge in [0, 0.05) is 11.7 Å². The van der Waals surface area contributed by atoms with E-state index in [-0.39, 0.29) is 5.04 Å². The van der Waals surface area contributed by atoms with Gasteiger partial charge in [0.15, 0.2) is 0 Å². The van der Waals surface area contributed by atoms with Gasteiger partial charge < -0.3 is 9.41 Å². The molecule has 0 aliphatic rings. The predicted octanol–water partition coefficient (Wildman–Crippen LogP) is 6.22. The van der Waals surface area contributed by atoms with E-state index in [4.69, 9.17) is 4.43 Å². The summed E-state index contributed by atoms with van der Waals surface area (Å²) in [6, 6.07) is 17.1. The van der Waals surface area contributed by atoms with E-state index in [0.29, 0.717) is 0 Å². The lowest BCUT2D eigenvalue weighted by Crippen LogP contribution is -2.43. The van der Waals surface area contributed by atoms with Crippen LogP contribution in [0.2, 0.25) is 18.1 Å². The molecule has 2 aromatic carbocycles. The molecule has 0 bridgehead atoms. The summed E-state index contributed by atoms with van der Waals surface area (Å²) in [5, 5.41) is 1.44. The minimum atomic E-state index is -1.81. The van der Waals surface area contributed by atoms with Crippen molar-refractivity contribution in [2.75, 3.05) is 0 Å². The molecule has 3 heteroatoms. The van der Waals surface area contributed by atoms with Crippen LogP contribution in [-0.4, -0.2) is 13.3 Å². The maximum absolute atomic E-state index is 6.43. The van der Waals surface area contributed by atoms with E-state index in [2.05, 4.69) is 87.4 Å². The molecule has 3 aromatic rings. The number of fused-ring (bicyclic) bond motifs is 1. The molecule has 1 N–H and O–H groups in total. The molecule has 0 saturated carbocycles. The number of hydrogen-bond acceptors (Lipinski definition) is 1. The third-order valence-corrected chi connectivity index (χ3v) is 9.26. The molecule has 1 heterocycles. The molecule has 23 heavy (non-hydrogen) atoms. The van der Waals surface area contributed by atoms with Gasteiger partial charge in [-0.05, 0) is 65.0 Å². The highest BCUT2D eigenvalue weighted by Gasteiger charge is 2.38. The van der Waals surface area contributed by atoms with Crippen molar-refractivity contribution in [1.29, 1.82) is 0 Å². The van der Waals surface area contributed by atoms with Crippen molar-refractivity contribution >= 4 is 19.2 Å². The smallest absolute Gasteiger partial charge is 0.250 e. The van der Waals surface area contributed by atoms with Crippen LogP contribution in [0.25, 0.3) is 22.0 Å². The van der Waals surface area contributed by atoms with Crippen LogP contribution >= 0.6 is 0 Å². The molecule has 120 valence electrons. The second-order valence-corrected chi connectivity index (χ2v) is 12.4. The molecule has 2 nitrogen and oxygen atoms in total. The summed E-state index contributed by atoms with van der Waals surface area (Å²) in [5.41, 5.74) is 3.59. The van der Waals surface area contributed by atoms with Crippen molar-refractivity contribution in [1.82, 2.24) is 4.98 Å². The second kappa shape index (κ2) is 5.57. The Bertz CT molecular complexity index is 827. The Balaban J connectivity index is 1.93. The molecule has 0 amide bonds. The van der Waals surface area contributed by atoms with E-state index in [0.717, 1.165) is 5.75 Å². The standard InChI is InChI=1S/C20H25NOSi/c1-20(2,3)23(4,5)22-18-8-6-7-15(14-18)16-9-10-19-17(13-16)11-12-21-19/h6-14,21H,1-5H3. The zero-order chi connectivity index (χ0) is 16.7. The SMILES string of the molecule is CC(C)(C)[Si](C)(C)Oc1cccc(-c2ccc3[nH]ccc3c2)c1. The van der Waals surface area contributed by atoms with Gasteiger partial charge >= 0.3 is 0 Å². The lowest BCUT2D eigenvalue weighted by molar-refractivity contribution is 0.492. The Morgan fingerprint density at radius 1 is 0.913 bits per heavy atom. The van der Waals surface area contributed by atoms with Crippen molar-refractivity contribution < 1.29 is 4.43 Å². The van der Waals surface area contributed by atoms with E-state index in [1.54, 1.807) is 0 Å². The molecule has 0 aliphatic carbocycles. The summed E-state index contributed by atoms with van der Waals surface area (Å²) in [6.45, 7) is 11.4. The molecule has 0 aliphatic heterocycles. The van der Waals surface area contributed by atoms with Crippen LogP contribution in [0.5, 0.6) is 5.75 Å². The van der Waals surface area contributed by atoms with Crippen LogP contribution in [0.1, 0.15) is 20.8 Å². The van der Waals surface area contributed by atoms with E-state index in [1.807, 2.05) is 6.20 Å². The Morgan fingerprint density at radius 3 is 2.39 bits per heavy atom. The zero-order valence-electron chi connectivity index (χ0n) is 14.6. The first-order valence-electron chi connectivity index (χ1n) is 8.13. The highest BCUT2D eigenvalue weighted by Crippen LogP contribution is 2.38. The summed E-state index contributed by atoms with van der Waals surface area (Å²) >= 11 is 0. The van der Waals surface area contributed by atoms with Gasteiger partial charge in [0.05, 0.1) is 0 Å². The van der Waals surface area contributed by atoms with Crippen molar-refractivity contribution in [2.24, 2.45) is 0 Å². The monoisotopic (exact) mass is 323 g/mol.